The molecule has 0 saturated carbocycles. The van der Waals surface area contributed by atoms with Crippen molar-refractivity contribution in [2.45, 2.75) is 5.41 Å². The van der Waals surface area contributed by atoms with Crippen molar-refractivity contribution in [3.05, 3.63) is 238 Å². The molecule has 6 heteroatoms. The summed E-state index contributed by atoms with van der Waals surface area (Å²) in [6, 6.07) is 64.7. The van der Waals surface area contributed by atoms with Gasteiger partial charge in [0, 0.05) is 23.6 Å². The molecule has 0 bridgehead atoms. The molecule has 0 amide bonds. The first-order valence-electron chi connectivity index (χ1n) is 19.2. The lowest BCUT2D eigenvalue weighted by Gasteiger charge is -2.34. The van der Waals surface area contributed by atoms with Crippen molar-refractivity contribution in [1.29, 1.82) is 0 Å². The fourth-order valence-electron chi connectivity index (χ4n) is 8.18. The van der Waals surface area contributed by atoms with Gasteiger partial charge >= 0.3 is 0 Å². The number of nitrogens with zero attached hydrogens (tertiary/aromatic N) is 2. The number of halogens is 2. The summed E-state index contributed by atoms with van der Waals surface area (Å²) in [5.74, 6) is 0.405. The molecule has 0 spiro atoms. The number of aromatic hydroxyl groups is 2. The van der Waals surface area contributed by atoms with Gasteiger partial charge in [-0.15, -0.1) is 0 Å². The minimum atomic E-state index is -0.570. The smallest absolute Gasteiger partial charge is 0.124 e. The number of hydrogen-bond acceptors (Lipinski definition) is 4. The minimum absolute atomic E-state index is 0.203. The molecule has 10 rings (SSSR count). The highest BCUT2D eigenvalue weighted by molar-refractivity contribution is 6.41. The van der Waals surface area contributed by atoms with Crippen molar-refractivity contribution < 1.29 is 10.2 Å². The number of phenolic OH excluding ortho intramolecular Hbond substituents is 2. The largest absolute Gasteiger partial charge is 0.507 e. The maximum absolute atomic E-state index is 10.7. The topological polar surface area (TPSA) is 65.2 Å². The minimum Gasteiger partial charge on any atom is -0.507 e. The van der Waals surface area contributed by atoms with Crippen molar-refractivity contribution in [2.75, 3.05) is 0 Å². The van der Waals surface area contributed by atoms with Crippen LogP contribution in [0.15, 0.2) is 204 Å². The summed E-state index contributed by atoms with van der Waals surface area (Å²) in [4.78, 5) is 9.61. The van der Waals surface area contributed by atoms with Gasteiger partial charge in [-0.25, -0.2) is 0 Å². The molecular formula is C53H36Cl2N2O2. The number of aliphatic imine (C=N–C) groups is 2. The summed E-state index contributed by atoms with van der Waals surface area (Å²) in [7, 11) is 0. The molecule has 0 fully saturated rings. The lowest BCUT2D eigenvalue weighted by atomic mass is 9.67. The quantitative estimate of drug-likeness (QED) is 0.164. The number of phenols is 2. The van der Waals surface area contributed by atoms with Crippen molar-refractivity contribution >= 4 is 68.6 Å². The van der Waals surface area contributed by atoms with Gasteiger partial charge in [0.1, 0.15) is 11.5 Å². The van der Waals surface area contributed by atoms with E-state index >= 15 is 0 Å². The summed E-state index contributed by atoms with van der Waals surface area (Å²) in [5, 5.41) is 26.6. The first-order chi connectivity index (χ1) is 28.9. The van der Waals surface area contributed by atoms with Crippen LogP contribution in [0.25, 0.3) is 32.7 Å². The molecule has 0 atom stereocenters. The molecule has 0 radical (unpaired) electrons. The zero-order chi connectivity index (χ0) is 40.3. The fraction of sp³-hybridized carbons (Fsp3) is 0.0189. The molecule has 0 heterocycles. The van der Waals surface area contributed by atoms with Crippen LogP contribution in [0.5, 0.6) is 11.5 Å². The zero-order valence-corrected chi connectivity index (χ0v) is 33.2. The van der Waals surface area contributed by atoms with Gasteiger partial charge in [0.15, 0.2) is 0 Å². The van der Waals surface area contributed by atoms with E-state index in [1.54, 1.807) is 36.7 Å². The average Bonchev–Trinajstić information content (AvgIpc) is 3.58. The number of rotatable bonds is 6. The first kappa shape index (κ1) is 37.6. The number of benzene rings is 9. The lowest BCUT2D eigenvalue weighted by Crippen LogP contribution is -2.28. The molecule has 0 aromatic heterocycles. The summed E-state index contributed by atoms with van der Waals surface area (Å²) in [6.07, 6.45) is 3.50. The lowest BCUT2D eigenvalue weighted by molar-refractivity contribution is 0.475. The van der Waals surface area contributed by atoms with Crippen LogP contribution in [0.3, 0.4) is 0 Å². The number of fused-ring (bicyclic) bond motifs is 5. The molecule has 9 aromatic carbocycles. The molecule has 0 saturated heterocycles. The Morgan fingerprint density at radius 2 is 0.763 bits per heavy atom. The maximum Gasteiger partial charge on any atom is 0.124 e. The van der Waals surface area contributed by atoms with Gasteiger partial charge < -0.3 is 10.2 Å². The molecule has 0 aliphatic heterocycles. The van der Waals surface area contributed by atoms with E-state index < -0.39 is 5.41 Å². The van der Waals surface area contributed by atoms with Gasteiger partial charge in [-0.3, -0.25) is 9.98 Å². The van der Waals surface area contributed by atoms with Crippen LogP contribution >= 0.6 is 23.2 Å². The molecule has 2 N–H and O–H groups in total. The van der Waals surface area contributed by atoms with E-state index in [2.05, 4.69) is 97.1 Å². The van der Waals surface area contributed by atoms with Gasteiger partial charge in [-0.1, -0.05) is 169 Å². The fourth-order valence-corrected chi connectivity index (χ4v) is 8.45. The Morgan fingerprint density at radius 1 is 0.390 bits per heavy atom. The van der Waals surface area contributed by atoms with E-state index in [0.717, 1.165) is 44.0 Å². The predicted molar refractivity (Wildman–Crippen MR) is 246 cm³/mol. The Hall–Kier alpha value is -6.98. The van der Waals surface area contributed by atoms with Crippen LogP contribution in [-0.2, 0) is 5.41 Å². The van der Waals surface area contributed by atoms with Gasteiger partial charge in [0.2, 0.25) is 0 Å². The van der Waals surface area contributed by atoms with Gasteiger partial charge in [-0.05, 0) is 103 Å². The van der Waals surface area contributed by atoms with Crippen molar-refractivity contribution in [3.8, 4) is 22.6 Å². The Labute approximate surface area is 352 Å². The van der Waals surface area contributed by atoms with Crippen LogP contribution in [0.2, 0.25) is 10.0 Å². The Bertz CT molecular complexity index is 2840. The van der Waals surface area contributed by atoms with E-state index in [9.17, 15) is 10.2 Å². The van der Waals surface area contributed by atoms with E-state index in [1.165, 1.54) is 22.3 Å². The zero-order valence-electron chi connectivity index (χ0n) is 31.7. The third-order valence-electron chi connectivity index (χ3n) is 11.0. The molecule has 1 aliphatic carbocycles. The second kappa shape index (κ2) is 16.1. The molecule has 4 nitrogen and oxygen atoms in total. The second-order valence-corrected chi connectivity index (χ2v) is 15.1. The van der Waals surface area contributed by atoms with Crippen molar-refractivity contribution in [3.63, 3.8) is 0 Å². The Morgan fingerprint density at radius 3 is 1.19 bits per heavy atom. The van der Waals surface area contributed by atoms with E-state index in [-0.39, 0.29) is 11.5 Å². The molecular weight excluding hydrogens is 768 g/mol. The van der Waals surface area contributed by atoms with Crippen molar-refractivity contribution in [1.82, 2.24) is 0 Å². The maximum atomic E-state index is 10.7. The standard InChI is InChI=1S/C47H32N2O2.C6H4Cl2/c50-45-27-17-31-9-1-3-11-37(31)41(45)29-48-35-23-19-33(20-24-35)47(43-15-7-5-13-39(43)40-14-6-8-16-44(40)47)34-21-25-36(26-22-34)49-30-42-38-12-4-2-10-32(38)18-28-46(42)51;7-5-3-1-2-4-6(5)8/h1-30,50-51H;1-4H. The van der Waals surface area contributed by atoms with Crippen LogP contribution in [0.4, 0.5) is 11.4 Å². The third kappa shape index (κ3) is 7.03. The van der Waals surface area contributed by atoms with E-state index in [1.807, 2.05) is 72.8 Å². The van der Waals surface area contributed by atoms with Crippen LogP contribution in [-0.4, -0.2) is 22.6 Å². The first-order valence-corrected chi connectivity index (χ1v) is 20.0. The van der Waals surface area contributed by atoms with Gasteiger partial charge in [0.05, 0.1) is 26.8 Å². The predicted octanol–water partition coefficient (Wildman–Crippen LogP) is 14.3. The average molecular weight is 804 g/mol. The van der Waals surface area contributed by atoms with Crippen molar-refractivity contribution in [2.24, 2.45) is 9.98 Å². The molecule has 1 aliphatic rings. The van der Waals surface area contributed by atoms with Gasteiger partial charge in [-0.2, -0.15) is 0 Å². The molecule has 0 unspecified atom stereocenters. The highest BCUT2D eigenvalue weighted by Crippen LogP contribution is 2.56. The summed E-state index contributed by atoms with van der Waals surface area (Å²) in [6.45, 7) is 0. The molecule has 284 valence electrons. The highest BCUT2D eigenvalue weighted by Gasteiger charge is 2.45. The van der Waals surface area contributed by atoms with E-state index in [0.29, 0.717) is 21.2 Å². The highest BCUT2D eigenvalue weighted by atomic mass is 35.5. The number of hydrogen-bond donors (Lipinski definition) is 2. The summed E-state index contributed by atoms with van der Waals surface area (Å²) < 4.78 is 0. The summed E-state index contributed by atoms with van der Waals surface area (Å²) >= 11 is 11.2. The second-order valence-electron chi connectivity index (χ2n) is 14.3. The Kier molecular flexibility index (Phi) is 10.3. The van der Waals surface area contributed by atoms with Crippen LogP contribution in [0, 0.1) is 0 Å². The molecule has 59 heavy (non-hydrogen) atoms. The monoisotopic (exact) mass is 802 g/mol. The summed E-state index contributed by atoms with van der Waals surface area (Å²) in [5.41, 5.74) is 9.55. The van der Waals surface area contributed by atoms with E-state index in [4.69, 9.17) is 33.2 Å². The SMILES string of the molecule is Clc1ccccc1Cl.Oc1ccc2ccccc2c1C=Nc1ccc(C2(c3ccc(N=Cc4c(O)ccc5ccccc45)cc3)c3ccccc3-c3ccccc32)cc1. The van der Waals surface area contributed by atoms with Gasteiger partial charge in [0.25, 0.3) is 0 Å². The van der Waals surface area contributed by atoms with Crippen LogP contribution in [0.1, 0.15) is 33.4 Å². The molecule has 9 aromatic rings. The van der Waals surface area contributed by atoms with Crippen LogP contribution < -0.4 is 0 Å². The normalized spacial score (nSPS) is 12.7. The third-order valence-corrected chi connectivity index (χ3v) is 11.7. The Balaban J connectivity index is 0.000000505.